The van der Waals surface area contributed by atoms with Crippen LogP contribution in [0.15, 0.2) is 24.3 Å². The van der Waals surface area contributed by atoms with E-state index in [0.29, 0.717) is 0 Å². The number of hydrogen-bond acceptors (Lipinski definition) is 2. The largest absolute Gasteiger partial charge is 0.338 e. The molecule has 116 valence electrons. The fourth-order valence-electron chi connectivity index (χ4n) is 2.91. The van der Waals surface area contributed by atoms with Gasteiger partial charge in [0.25, 0.3) is 0 Å². The van der Waals surface area contributed by atoms with E-state index in [1.165, 1.54) is 32.1 Å². The lowest BCUT2D eigenvalue weighted by atomic mass is 9.87. The third-order valence-electron chi connectivity index (χ3n) is 4.26. The second-order valence-corrected chi connectivity index (χ2v) is 6.08. The molecule has 1 aromatic carbocycles. The van der Waals surface area contributed by atoms with E-state index in [9.17, 15) is 4.79 Å². The molecule has 2 amide bonds. The molecule has 1 atom stereocenters. The molecule has 1 aliphatic carbocycles. The molecule has 1 unspecified atom stereocenters. The zero-order chi connectivity index (χ0) is 15.1. The fourth-order valence-corrected chi connectivity index (χ4v) is 2.91. The van der Waals surface area contributed by atoms with Crippen molar-refractivity contribution in [3.8, 4) is 0 Å². The van der Waals surface area contributed by atoms with E-state index in [-0.39, 0.29) is 12.1 Å². The number of nitrogens with one attached hydrogen (secondary N) is 2. The van der Waals surface area contributed by atoms with E-state index >= 15 is 0 Å². The Morgan fingerprint density at radius 3 is 2.52 bits per heavy atom. The zero-order valence-corrected chi connectivity index (χ0v) is 12.9. The second kappa shape index (κ2) is 8.03. The molecule has 0 saturated heterocycles. The van der Waals surface area contributed by atoms with Gasteiger partial charge in [-0.2, -0.15) is 0 Å². The average Bonchev–Trinajstić information content (AvgIpc) is 2.49. The number of carbonyl (C=O) groups is 1. The minimum Gasteiger partial charge on any atom is -0.338 e. The highest BCUT2D eigenvalue weighted by molar-refractivity contribution is 5.89. The molecular weight excluding hydrogens is 262 g/mol. The molecule has 1 aliphatic rings. The maximum Gasteiger partial charge on any atom is 0.319 e. The first-order chi connectivity index (χ1) is 10.1. The molecule has 1 saturated carbocycles. The fraction of sp³-hybridized carbons (Fsp3) is 0.588. The molecule has 0 bridgehead atoms. The van der Waals surface area contributed by atoms with Crippen molar-refractivity contribution in [3.63, 3.8) is 0 Å². The van der Waals surface area contributed by atoms with Gasteiger partial charge in [-0.25, -0.2) is 4.79 Å². The van der Waals surface area contributed by atoms with Crippen molar-refractivity contribution in [1.29, 1.82) is 0 Å². The van der Waals surface area contributed by atoms with Crippen LogP contribution in [0.1, 0.15) is 57.1 Å². The topological polar surface area (TPSA) is 67.1 Å². The van der Waals surface area contributed by atoms with Gasteiger partial charge in [0.1, 0.15) is 0 Å². The Morgan fingerprint density at radius 1 is 1.24 bits per heavy atom. The average molecular weight is 289 g/mol. The minimum absolute atomic E-state index is 0.0170. The van der Waals surface area contributed by atoms with Crippen LogP contribution >= 0.6 is 0 Å². The van der Waals surface area contributed by atoms with E-state index in [1.54, 1.807) is 0 Å². The Balaban J connectivity index is 1.68. The van der Waals surface area contributed by atoms with Gasteiger partial charge in [0.15, 0.2) is 0 Å². The van der Waals surface area contributed by atoms with Gasteiger partial charge < -0.3 is 16.4 Å². The van der Waals surface area contributed by atoms with Gasteiger partial charge in [0, 0.05) is 18.3 Å². The van der Waals surface area contributed by atoms with Gasteiger partial charge in [0.05, 0.1) is 0 Å². The van der Waals surface area contributed by atoms with Gasteiger partial charge in [-0.05, 0) is 37.0 Å². The van der Waals surface area contributed by atoms with E-state index in [1.807, 2.05) is 31.2 Å². The highest BCUT2D eigenvalue weighted by Gasteiger charge is 2.13. The summed E-state index contributed by atoms with van der Waals surface area (Å²) in [7, 11) is 0. The van der Waals surface area contributed by atoms with E-state index in [0.717, 1.165) is 30.1 Å². The Kier molecular flexibility index (Phi) is 6.05. The van der Waals surface area contributed by atoms with Crippen LogP contribution in [0.2, 0.25) is 0 Å². The predicted octanol–water partition coefficient (Wildman–Crippen LogP) is 3.80. The van der Waals surface area contributed by atoms with Crippen molar-refractivity contribution >= 4 is 11.7 Å². The summed E-state index contributed by atoms with van der Waals surface area (Å²) in [6, 6.07) is 7.56. The Hall–Kier alpha value is -1.55. The minimum atomic E-state index is -0.126. The number of nitrogens with two attached hydrogens (primary N) is 1. The first kappa shape index (κ1) is 15.8. The Morgan fingerprint density at radius 2 is 1.90 bits per heavy atom. The quantitative estimate of drug-likeness (QED) is 0.772. The first-order valence-corrected chi connectivity index (χ1v) is 8.05. The number of amides is 2. The van der Waals surface area contributed by atoms with E-state index in [2.05, 4.69) is 10.6 Å². The van der Waals surface area contributed by atoms with Crippen molar-refractivity contribution in [2.45, 2.75) is 51.5 Å². The molecule has 0 heterocycles. The summed E-state index contributed by atoms with van der Waals surface area (Å²) in [5.74, 6) is 0.796. The molecule has 2 rings (SSSR count). The SMILES string of the molecule is CC(N)c1ccc(NC(=O)NCCC2CCCCC2)cc1. The lowest BCUT2D eigenvalue weighted by molar-refractivity contribution is 0.250. The lowest BCUT2D eigenvalue weighted by Crippen LogP contribution is -2.30. The van der Waals surface area contributed by atoms with Gasteiger partial charge in [-0.1, -0.05) is 44.2 Å². The maximum atomic E-state index is 11.8. The van der Waals surface area contributed by atoms with Crippen LogP contribution in [-0.2, 0) is 0 Å². The monoisotopic (exact) mass is 289 g/mol. The Labute approximate surface area is 127 Å². The van der Waals surface area contributed by atoms with E-state index in [4.69, 9.17) is 5.73 Å². The van der Waals surface area contributed by atoms with Crippen LogP contribution in [0, 0.1) is 5.92 Å². The number of hydrogen-bond donors (Lipinski definition) is 3. The van der Waals surface area contributed by atoms with Gasteiger partial charge in [0.2, 0.25) is 0 Å². The summed E-state index contributed by atoms with van der Waals surface area (Å²) in [5.41, 5.74) is 7.67. The summed E-state index contributed by atoms with van der Waals surface area (Å²) in [5, 5.41) is 5.80. The zero-order valence-electron chi connectivity index (χ0n) is 12.9. The summed E-state index contributed by atoms with van der Waals surface area (Å²) >= 11 is 0. The smallest absolute Gasteiger partial charge is 0.319 e. The molecule has 0 spiro atoms. The third kappa shape index (κ3) is 5.38. The number of anilines is 1. The van der Waals surface area contributed by atoms with Crippen LogP contribution in [-0.4, -0.2) is 12.6 Å². The van der Waals surface area contributed by atoms with E-state index < -0.39 is 0 Å². The van der Waals surface area contributed by atoms with Gasteiger partial charge in [-0.15, -0.1) is 0 Å². The number of carbonyl (C=O) groups excluding carboxylic acids is 1. The summed E-state index contributed by atoms with van der Waals surface area (Å²) in [4.78, 5) is 11.8. The Bertz CT molecular complexity index is 436. The van der Waals surface area contributed by atoms with Crippen molar-refractivity contribution in [3.05, 3.63) is 29.8 Å². The van der Waals surface area contributed by atoms with Crippen molar-refractivity contribution in [2.24, 2.45) is 11.7 Å². The van der Waals surface area contributed by atoms with Crippen molar-refractivity contribution < 1.29 is 4.79 Å². The molecule has 1 fully saturated rings. The van der Waals surface area contributed by atoms with Gasteiger partial charge >= 0.3 is 6.03 Å². The summed E-state index contributed by atoms with van der Waals surface area (Å²) in [6.45, 7) is 2.70. The van der Waals surface area contributed by atoms with Crippen molar-refractivity contribution in [1.82, 2.24) is 5.32 Å². The number of rotatable bonds is 5. The second-order valence-electron chi connectivity index (χ2n) is 6.08. The van der Waals surface area contributed by atoms with Crippen LogP contribution in [0.4, 0.5) is 10.5 Å². The highest BCUT2D eigenvalue weighted by atomic mass is 16.2. The molecule has 0 radical (unpaired) electrons. The summed E-state index contributed by atoms with van der Waals surface area (Å²) in [6.07, 6.45) is 7.81. The molecule has 4 nitrogen and oxygen atoms in total. The highest BCUT2D eigenvalue weighted by Crippen LogP contribution is 2.25. The first-order valence-electron chi connectivity index (χ1n) is 8.05. The maximum absolute atomic E-state index is 11.8. The lowest BCUT2D eigenvalue weighted by Gasteiger charge is -2.21. The third-order valence-corrected chi connectivity index (χ3v) is 4.26. The molecular formula is C17H27N3O. The molecule has 4 N–H and O–H groups in total. The van der Waals surface area contributed by atoms with Crippen molar-refractivity contribution in [2.75, 3.05) is 11.9 Å². The van der Waals surface area contributed by atoms with Crippen LogP contribution in [0.5, 0.6) is 0 Å². The molecule has 1 aromatic rings. The molecule has 0 aliphatic heterocycles. The van der Waals surface area contributed by atoms with Crippen LogP contribution in [0.25, 0.3) is 0 Å². The van der Waals surface area contributed by atoms with Gasteiger partial charge in [-0.3, -0.25) is 0 Å². The standard InChI is InChI=1S/C17H27N3O/c1-13(18)15-7-9-16(10-8-15)20-17(21)19-12-11-14-5-3-2-4-6-14/h7-10,13-14H,2-6,11-12,18H2,1H3,(H2,19,20,21). The van der Waals surface area contributed by atoms with Crippen LogP contribution in [0.3, 0.4) is 0 Å². The molecule has 4 heteroatoms. The molecule has 21 heavy (non-hydrogen) atoms. The summed E-state index contributed by atoms with van der Waals surface area (Å²) < 4.78 is 0. The molecule has 0 aromatic heterocycles. The number of urea groups is 1. The number of benzene rings is 1. The van der Waals surface area contributed by atoms with Crippen LogP contribution < -0.4 is 16.4 Å². The predicted molar refractivity (Wildman–Crippen MR) is 87.3 cm³/mol. The normalized spacial score (nSPS) is 17.2.